The minimum Gasteiger partial charge on any atom is -0.373 e. The molecule has 1 N–H and O–H groups in total. The molecule has 1 saturated carbocycles. The molecule has 1 aromatic rings. The third kappa shape index (κ3) is 3.53. The summed E-state index contributed by atoms with van der Waals surface area (Å²) in [5, 5.41) is 2.98. The highest BCUT2D eigenvalue weighted by atomic mass is 16.6. The van der Waals surface area contributed by atoms with Crippen molar-refractivity contribution < 1.29 is 14.3 Å². The molecule has 1 aliphatic heterocycles. The topological polar surface area (TPSA) is 82.5 Å². The van der Waals surface area contributed by atoms with Crippen molar-refractivity contribution in [2.24, 2.45) is 0 Å². The van der Waals surface area contributed by atoms with Crippen molar-refractivity contribution in [2.45, 2.75) is 51.0 Å². The standard InChI is InChI=1S/C15H21N3O4/c1-10-6-15(20)18(9-16-10)8-14(19)17-11-2-3-12-13(7-11)22-5-4-21-12/h6,9,11-13H,2-5,7-8H2,1H3,(H,17,19)/t11-,12+,13-/m1/s1. The summed E-state index contributed by atoms with van der Waals surface area (Å²) in [6, 6.07) is 1.50. The van der Waals surface area contributed by atoms with Gasteiger partial charge in [-0.25, -0.2) is 4.98 Å². The normalized spacial score (nSPS) is 28.0. The molecule has 1 aromatic heterocycles. The zero-order valence-corrected chi connectivity index (χ0v) is 12.7. The maximum absolute atomic E-state index is 12.1. The summed E-state index contributed by atoms with van der Waals surface area (Å²) in [5.74, 6) is -0.173. The van der Waals surface area contributed by atoms with Gasteiger partial charge in [0, 0.05) is 17.8 Å². The van der Waals surface area contributed by atoms with Crippen LogP contribution in [0.1, 0.15) is 25.0 Å². The van der Waals surface area contributed by atoms with Gasteiger partial charge in [0.25, 0.3) is 5.56 Å². The molecule has 0 unspecified atom stereocenters. The smallest absolute Gasteiger partial charge is 0.253 e. The lowest BCUT2D eigenvalue weighted by Crippen LogP contribution is -2.50. The maximum atomic E-state index is 12.1. The fourth-order valence-electron chi connectivity index (χ4n) is 3.06. The van der Waals surface area contributed by atoms with E-state index in [1.807, 2.05) is 0 Å². The Balaban J connectivity index is 1.54. The summed E-state index contributed by atoms with van der Waals surface area (Å²) in [5.41, 5.74) is 0.435. The quantitative estimate of drug-likeness (QED) is 0.850. The number of aryl methyl sites for hydroxylation is 1. The van der Waals surface area contributed by atoms with Gasteiger partial charge < -0.3 is 14.8 Å². The van der Waals surface area contributed by atoms with Crippen molar-refractivity contribution in [1.29, 1.82) is 0 Å². The van der Waals surface area contributed by atoms with Gasteiger partial charge in [0.05, 0.1) is 31.7 Å². The van der Waals surface area contributed by atoms with Crippen LogP contribution in [0.4, 0.5) is 0 Å². The average Bonchev–Trinajstić information content (AvgIpc) is 2.50. The Morgan fingerprint density at radius 1 is 1.36 bits per heavy atom. The summed E-state index contributed by atoms with van der Waals surface area (Å²) in [6.07, 6.45) is 4.16. The molecule has 3 rings (SSSR count). The van der Waals surface area contributed by atoms with Crippen molar-refractivity contribution in [3.63, 3.8) is 0 Å². The SMILES string of the molecule is Cc1cc(=O)n(CC(=O)N[C@@H]2CC[C@@H]3OCCO[C@@H]3C2)cn1. The number of hydrogen-bond donors (Lipinski definition) is 1. The van der Waals surface area contributed by atoms with E-state index in [2.05, 4.69) is 10.3 Å². The van der Waals surface area contributed by atoms with Crippen molar-refractivity contribution in [1.82, 2.24) is 14.9 Å². The van der Waals surface area contributed by atoms with Gasteiger partial charge in [-0.05, 0) is 26.2 Å². The molecule has 2 heterocycles. The average molecular weight is 307 g/mol. The summed E-state index contributed by atoms with van der Waals surface area (Å²) >= 11 is 0. The molecule has 2 aliphatic rings. The van der Waals surface area contributed by atoms with Gasteiger partial charge >= 0.3 is 0 Å². The number of carbonyl (C=O) groups is 1. The molecule has 0 spiro atoms. The van der Waals surface area contributed by atoms with Crippen molar-refractivity contribution in [2.75, 3.05) is 13.2 Å². The summed E-state index contributed by atoms with van der Waals surface area (Å²) in [4.78, 5) is 27.9. The van der Waals surface area contributed by atoms with Gasteiger partial charge in [-0.2, -0.15) is 0 Å². The first-order valence-electron chi connectivity index (χ1n) is 7.67. The number of nitrogens with zero attached hydrogens (tertiary/aromatic N) is 2. The number of rotatable bonds is 3. The number of ether oxygens (including phenoxy) is 2. The molecule has 7 heteroatoms. The fraction of sp³-hybridized carbons (Fsp3) is 0.667. The van der Waals surface area contributed by atoms with E-state index in [9.17, 15) is 9.59 Å². The minimum absolute atomic E-state index is 0.00589. The monoisotopic (exact) mass is 307 g/mol. The Hall–Kier alpha value is -1.73. The van der Waals surface area contributed by atoms with Gasteiger partial charge in [0.15, 0.2) is 0 Å². The fourth-order valence-corrected chi connectivity index (χ4v) is 3.06. The van der Waals surface area contributed by atoms with E-state index in [1.54, 1.807) is 6.92 Å². The second-order valence-corrected chi connectivity index (χ2v) is 5.89. The summed E-state index contributed by atoms with van der Waals surface area (Å²) < 4.78 is 12.7. The molecule has 7 nitrogen and oxygen atoms in total. The van der Waals surface area contributed by atoms with E-state index in [1.165, 1.54) is 17.0 Å². The number of aromatic nitrogens is 2. The molecular weight excluding hydrogens is 286 g/mol. The van der Waals surface area contributed by atoms with E-state index in [-0.39, 0.29) is 36.3 Å². The Kier molecular flexibility index (Phi) is 4.54. The maximum Gasteiger partial charge on any atom is 0.253 e. The Morgan fingerprint density at radius 3 is 2.91 bits per heavy atom. The second kappa shape index (κ2) is 6.58. The van der Waals surface area contributed by atoms with Crippen LogP contribution in [0.2, 0.25) is 0 Å². The Morgan fingerprint density at radius 2 is 2.14 bits per heavy atom. The van der Waals surface area contributed by atoms with Crippen molar-refractivity contribution in [3.8, 4) is 0 Å². The lowest BCUT2D eigenvalue weighted by Gasteiger charge is -2.39. The van der Waals surface area contributed by atoms with E-state index in [0.29, 0.717) is 18.9 Å². The largest absolute Gasteiger partial charge is 0.373 e. The highest BCUT2D eigenvalue weighted by Gasteiger charge is 2.34. The van der Waals surface area contributed by atoms with Gasteiger partial charge in [-0.15, -0.1) is 0 Å². The predicted octanol–water partition coefficient (Wildman–Crippen LogP) is 0.00442. The van der Waals surface area contributed by atoms with Gasteiger partial charge in [-0.1, -0.05) is 0 Å². The van der Waals surface area contributed by atoms with Crippen LogP contribution < -0.4 is 10.9 Å². The van der Waals surface area contributed by atoms with Gasteiger partial charge in [-0.3, -0.25) is 14.2 Å². The first kappa shape index (κ1) is 15.2. The molecule has 1 amide bonds. The third-order valence-electron chi connectivity index (χ3n) is 4.17. The van der Waals surface area contributed by atoms with Crippen LogP contribution in [0.25, 0.3) is 0 Å². The zero-order chi connectivity index (χ0) is 15.5. The van der Waals surface area contributed by atoms with Gasteiger partial charge in [0.1, 0.15) is 6.54 Å². The molecule has 0 aromatic carbocycles. The number of hydrogen-bond acceptors (Lipinski definition) is 5. The molecule has 1 saturated heterocycles. The number of carbonyl (C=O) groups excluding carboxylic acids is 1. The molecular formula is C15H21N3O4. The molecule has 22 heavy (non-hydrogen) atoms. The molecule has 3 atom stereocenters. The van der Waals surface area contributed by atoms with Crippen LogP contribution >= 0.6 is 0 Å². The summed E-state index contributed by atoms with van der Waals surface area (Å²) in [6.45, 7) is 3.01. The molecule has 0 radical (unpaired) electrons. The second-order valence-electron chi connectivity index (χ2n) is 5.89. The van der Waals surface area contributed by atoms with Crippen LogP contribution in [0.3, 0.4) is 0 Å². The Bertz CT molecular complexity index is 601. The Labute approximate surface area is 128 Å². The molecule has 2 fully saturated rings. The van der Waals surface area contributed by atoms with E-state index in [4.69, 9.17) is 9.47 Å². The van der Waals surface area contributed by atoms with Crippen LogP contribution in [0, 0.1) is 6.92 Å². The van der Waals surface area contributed by atoms with Crippen LogP contribution in [0.5, 0.6) is 0 Å². The molecule has 120 valence electrons. The highest BCUT2D eigenvalue weighted by Crippen LogP contribution is 2.26. The minimum atomic E-state index is -0.213. The highest BCUT2D eigenvalue weighted by molar-refractivity contribution is 5.76. The first-order chi connectivity index (χ1) is 10.6. The third-order valence-corrected chi connectivity index (χ3v) is 4.17. The number of amides is 1. The van der Waals surface area contributed by atoms with Crippen molar-refractivity contribution in [3.05, 3.63) is 28.4 Å². The van der Waals surface area contributed by atoms with Crippen LogP contribution in [-0.2, 0) is 20.8 Å². The summed E-state index contributed by atoms with van der Waals surface area (Å²) in [7, 11) is 0. The van der Waals surface area contributed by atoms with Crippen LogP contribution in [0.15, 0.2) is 17.2 Å². The predicted molar refractivity (Wildman–Crippen MR) is 78.5 cm³/mol. The van der Waals surface area contributed by atoms with Gasteiger partial charge in [0.2, 0.25) is 5.91 Å². The first-order valence-corrected chi connectivity index (χ1v) is 7.67. The molecule has 1 aliphatic carbocycles. The lowest BCUT2D eigenvalue weighted by molar-refractivity contribution is -0.158. The van der Waals surface area contributed by atoms with Crippen molar-refractivity contribution >= 4 is 5.91 Å². The number of nitrogens with one attached hydrogen (secondary N) is 1. The van der Waals surface area contributed by atoms with E-state index in [0.717, 1.165) is 19.3 Å². The number of fused-ring (bicyclic) bond motifs is 1. The lowest BCUT2D eigenvalue weighted by atomic mass is 9.89. The van der Waals surface area contributed by atoms with E-state index >= 15 is 0 Å². The van der Waals surface area contributed by atoms with Crippen LogP contribution in [-0.4, -0.2) is 46.9 Å². The molecule has 0 bridgehead atoms. The zero-order valence-electron chi connectivity index (χ0n) is 12.7. The van der Waals surface area contributed by atoms with E-state index < -0.39 is 0 Å².